The van der Waals surface area contributed by atoms with E-state index < -0.39 is 115 Å². The van der Waals surface area contributed by atoms with Crippen LogP contribution in [-0.2, 0) is 5.92 Å². The van der Waals surface area contributed by atoms with Gasteiger partial charge < -0.3 is 4.90 Å². The van der Waals surface area contributed by atoms with Gasteiger partial charge in [0.25, 0.3) is 0 Å². The van der Waals surface area contributed by atoms with Gasteiger partial charge in [0, 0.05) is 17.2 Å². The summed E-state index contributed by atoms with van der Waals surface area (Å²) in [5.74, 6) is -37.0. The van der Waals surface area contributed by atoms with Crippen molar-refractivity contribution in [3.8, 4) is 11.1 Å². The number of halogens is 14. The molecule has 40 heavy (non-hydrogen) atoms. The number of fused-ring (bicyclic) bond motifs is 3. The fraction of sp³-hybridized carbons (Fsp3) is 0.280. The van der Waals surface area contributed by atoms with E-state index >= 15 is 22.0 Å². The van der Waals surface area contributed by atoms with Crippen molar-refractivity contribution in [2.24, 2.45) is 0 Å². The third-order valence-electron chi connectivity index (χ3n) is 7.05. The lowest BCUT2D eigenvalue weighted by Gasteiger charge is -2.37. The van der Waals surface area contributed by atoms with E-state index in [1.54, 1.807) is 0 Å². The highest BCUT2D eigenvalue weighted by Gasteiger charge is 2.55. The van der Waals surface area contributed by atoms with Crippen molar-refractivity contribution >= 4 is 11.4 Å². The van der Waals surface area contributed by atoms with Crippen LogP contribution in [0.4, 0.5) is 72.8 Å². The van der Waals surface area contributed by atoms with Gasteiger partial charge in [-0.1, -0.05) is 19.3 Å². The van der Waals surface area contributed by atoms with E-state index in [1.807, 2.05) is 0 Å². The highest BCUT2D eigenvalue weighted by atomic mass is 19.3. The Morgan fingerprint density at radius 1 is 0.425 bits per heavy atom. The molecule has 0 atom stereocenters. The number of hydrogen-bond donors (Lipinski definition) is 0. The summed E-state index contributed by atoms with van der Waals surface area (Å²) in [6, 6.07) is -1.53. The van der Waals surface area contributed by atoms with Gasteiger partial charge in [-0.15, -0.1) is 0 Å². The Hall–Kier alpha value is -3.52. The molecule has 3 aromatic rings. The molecular weight excluding hydrogens is 580 g/mol. The molecule has 0 heterocycles. The minimum Gasteiger partial charge on any atom is -0.328 e. The standard InChI is InChI=1S/C25H11F14N/c26-11-7-8-10(25(38,39)9(7)13(28)16(31)15(11)30)14(29)20(35)23(12(8)27)40(6-4-2-1-3-5-6)24-21(36)18(33)17(32)19(34)22(24)37/h6H,1-5H2. The third kappa shape index (κ3) is 3.54. The molecule has 3 aromatic carbocycles. The molecule has 2 aliphatic carbocycles. The van der Waals surface area contributed by atoms with Crippen molar-refractivity contribution in [3.05, 3.63) is 80.9 Å². The predicted octanol–water partition coefficient (Wildman–Crippen LogP) is 8.95. The van der Waals surface area contributed by atoms with E-state index in [-0.39, 0.29) is 30.6 Å². The highest BCUT2D eigenvalue weighted by molar-refractivity contribution is 5.85. The second-order valence-corrected chi connectivity index (χ2v) is 9.20. The van der Waals surface area contributed by atoms with Gasteiger partial charge in [0.15, 0.2) is 64.0 Å². The number of alkyl halides is 2. The summed E-state index contributed by atoms with van der Waals surface area (Å²) in [7, 11) is 0. The molecule has 5 rings (SSSR count). The molecular formula is C25H11F14N. The second kappa shape index (κ2) is 9.26. The molecule has 0 amide bonds. The van der Waals surface area contributed by atoms with Gasteiger partial charge in [0.2, 0.25) is 5.82 Å². The fourth-order valence-electron chi connectivity index (χ4n) is 5.30. The SMILES string of the molecule is Fc1c(F)c(F)c(N(c2c(F)c(F)c3c(c2F)-c2c(F)c(F)c(F)c(F)c2C3(F)F)C2CCCCC2)c(F)c1F. The van der Waals surface area contributed by atoms with E-state index in [0.29, 0.717) is 6.42 Å². The first-order valence-corrected chi connectivity index (χ1v) is 11.4. The quantitative estimate of drug-likeness (QED) is 0.167. The van der Waals surface area contributed by atoms with Gasteiger partial charge in [-0.2, -0.15) is 8.78 Å². The van der Waals surface area contributed by atoms with Gasteiger partial charge >= 0.3 is 5.92 Å². The second-order valence-electron chi connectivity index (χ2n) is 9.20. The average Bonchev–Trinajstić information content (AvgIpc) is 3.18. The molecule has 2 aliphatic rings. The minimum absolute atomic E-state index is 0.159. The molecule has 214 valence electrons. The highest BCUT2D eigenvalue weighted by Crippen LogP contribution is 2.58. The van der Waals surface area contributed by atoms with Crippen molar-refractivity contribution in [2.45, 2.75) is 44.1 Å². The first-order chi connectivity index (χ1) is 18.7. The van der Waals surface area contributed by atoms with Crippen LogP contribution in [0.2, 0.25) is 0 Å². The monoisotopic (exact) mass is 591 g/mol. The Labute approximate surface area is 214 Å². The van der Waals surface area contributed by atoms with Crippen molar-refractivity contribution in [1.82, 2.24) is 0 Å². The Bertz CT molecular complexity index is 1560. The maximum absolute atomic E-state index is 16.0. The van der Waals surface area contributed by atoms with Crippen LogP contribution in [0.1, 0.15) is 43.2 Å². The first kappa shape index (κ1) is 28.0. The Kier molecular flexibility index (Phi) is 6.49. The molecule has 1 nitrogen and oxygen atoms in total. The summed E-state index contributed by atoms with van der Waals surface area (Å²) in [4.78, 5) is -0.159. The Balaban J connectivity index is 1.94. The fourth-order valence-corrected chi connectivity index (χ4v) is 5.30. The van der Waals surface area contributed by atoms with Crippen LogP contribution in [0.25, 0.3) is 11.1 Å². The molecule has 0 saturated heterocycles. The topological polar surface area (TPSA) is 3.24 Å². The Morgan fingerprint density at radius 2 is 0.775 bits per heavy atom. The number of nitrogens with zero attached hydrogens (tertiary/aromatic N) is 1. The maximum Gasteiger partial charge on any atom is 0.305 e. The molecule has 0 aromatic heterocycles. The Morgan fingerprint density at radius 3 is 1.30 bits per heavy atom. The molecule has 0 spiro atoms. The van der Waals surface area contributed by atoms with Crippen LogP contribution in [0, 0.1) is 69.8 Å². The van der Waals surface area contributed by atoms with Crippen LogP contribution >= 0.6 is 0 Å². The number of rotatable bonds is 3. The third-order valence-corrected chi connectivity index (χ3v) is 7.05. The van der Waals surface area contributed by atoms with E-state index in [2.05, 4.69) is 0 Å². The molecule has 0 N–H and O–H groups in total. The first-order valence-electron chi connectivity index (χ1n) is 11.4. The molecule has 0 aliphatic heterocycles. The average molecular weight is 591 g/mol. The van der Waals surface area contributed by atoms with E-state index in [4.69, 9.17) is 0 Å². The molecule has 15 heteroatoms. The summed E-state index contributed by atoms with van der Waals surface area (Å²) in [6.07, 6.45) is 0.288. The van der Waals surface area contributed by atoms with Crippen molar-refractivity contribution in [2.75, 3.05) is 4.90 Å². The molecule has 0 unspecified atom stereocenters. The lowest BCUT2D eigenvalue weighted by molar-refractivity contribution is 0.0384. The van der Waals surface area contributed by atoms with E-state index in [9.17, 15) is 39.5 Å². The molecule has 1 fully saturated rings. The largest absolute Gasteiger partial charge is 0.328 e. The van der Waals surface area contributed by atoms with Gasteiger partial charge in [-0.25, -0.2) is 52.7 Å². The zero-order valence-electron chi connectivity index (χ0n) is 19.4. The summed E-state index contributed by atoms with van der Waals surface area (Å²) >= 11 is 0. The van der Waals surface area contributed by atoms with Gasteiger partial charge in [-0.05, 0) is 12.8 Å². The number of benzene rings is 3. The lowest BCUT2D eigenvalue weighted by atomic mass is 9.92. The van der Waals surface area contributed by atoms with Gasteiger partial charge in [0.1, 0.15) is 11.4 Å². The van der Waals surface area contributed by atoms with Crippen LogP contribution in [0.5, 0.6) is 0 Å². The maximum atomic E-state index is 16.0. The zero-order valence-corrected chi connectivity index (χ0v) is 19.4. The molecule has 1 saturated carbocycles. The summed E-state index contributed by atoms with van der Waals surface area (Å²) < 4.78 is 205. The van der Waals surface area contributed by atoms with E-state index in [1.165, 1.54) is 0 Å². The lowest BCUT2D eigenvalue weighted by Crippen LogP contribution is -2.36. The summed E-state index contributed by atoms with van der Waals surface area (Å²) in [5, 5.41) is 0. The summed E-state index contributed by atoms with van der Waals surface area (Å²) in [5.41, 5.74) is -12.9. The summed E-state index contributed by atoms with van der Waals surface area (Å²) in [6.45, 7) is 0. The van der Waals surface area contributed by atoms with Crippen molar-refractivity contribution < 1.29 is 61.5 Å². The van der Waals surface area contributed by atoms with Gasteiger partial charge in [0.05, 0.1) is 11.1 Å². The minimum atomic E-state index is -5.20. The van der Waals surface area contributed by atoms with Crippen LogP contribution in [0.3, 0.4) is 0 Å². The molecule has 0 bridgehead atoms. The zero-order chi connectivity index (χ0) is 29.6. The van der Waals surface area contributed by atoms with Crippen LogP contribution in [-0.4, -0.2) is 6.04 Å². The normalized spacial score (nSPS) is 16.4. The van der Waals surface area contributed by atoms with E-state index in [0.717, 1.165) is 0 Å². The van der Waals surface area contributed by atoms with Crippen molar-refractivity contribution in [1.29, 1.82) is 0 Å². The van der Waals surface area contributed by atoms with Crippen LogP contribution < -0.4 is 4.90 Å². The van der Waals surface area contributed by atoms with Gasteiger partial charge in [-0.3, -0.25) is 0 Å². The number of hydrogen-bond acceptors (Lipinski definition) is 1. The van der Waals surface area contributed by atoms with Crippen LogP contribution in [0.15, 0.2) is 0 Å². The number of anilines is 2. The predicted molar refractivity (Wildman–Crippen MR) is 110 cm³/mol. The van der Waals surface area contributed by atoms with Crippen molar-refractivity contribution in [3.63, 3.8) is 0 Å². The molecule has 0 radical (unpaired) electrons. The smallest absolute Gasteiger partial charge is 0.305 e.